The Morgan fingerprint density at radius 2 is 2.05 bits per heavy atom. The Labute approximate surface area is 120 Å². The van der Waals surface area contributed by atoms with Crippen molar-refractivity contribution in [1.82, 2.24) is 0 Å². The topological polar surface area (TPSA) is 88.1 Å². The summed E-state index contributed by atoms with van der Waals surface area (Å²) in [6.07, 6.45) is 0. The normalized spacial score (nSPS) is 9.76. The van der Waals surface area contributed by atoms with Crippen LogP contribution in [0.15, 0.2) is 36.4 Å². The number of carbonyl (C=O) groups excluding carboxylic acids is 1. The van der Waals surface area contributed by atoms with Crippen LogP contribution in [0.4, 0.5) is 14.9 Å². The van der Waals surface area contributed by atoms with Crippen LogP contribution >= 0.6 is 0 Å². The van der Waals surface area contributed by atoms with Crippen LogP contribution in [0.1, 0.15) is 11.1 Å². The van der Waals surface area contributed by atoms with Crippen molar-refractivity contribution in [3.63, 3.8) is 0 Å². The molecule has 2 amide bonds. The van der Waals surface area contributed by atoms with Crippen LogP contribution in [0, 0.1) is 24.1 Å². The highest BCUT2D eigenvalue weighted by atomic mass is 19.1. The second kappa shape index (κ2) is 5.92. The lowest BCUT2D eigenvalue weighted by Gasteiger charge is -2.11. The molecule has 6 heteroatoms. The summed E-state index contributed by atoms with van der Waals surface area (Å²) in [6.45, 7) is 1.78. The first kappa shape index (κ1) is 14.3. The summed E-state index contributed by atoms with van der Waals surface area (Å²) in [5.41, 5.74) is 6.45. The molecule has 0 unspecified atom stereocenters. The molecule has 5 nitrogen and oxygen atoms in total. The molecule has 0 saturated carbocycles. The molecule has 2 rings (SSSR count). The van der Waals surface area contributed by atoms with Gasteiger partial charge in [-0.3, -0.25) is 0 Å². The largest absolute Gasteiger partial charge is 0.454 e. The second-order valence-corrected chi connectivity index (χ2v) is 4.33. The molecule has 0 spiro atoms. The maximum atomic E-state index is 13.8. The van der Waals surface area contributed by atoms with Crippen molar-refractivity contribution in [2.24, 2.45) is 5.73 Å². The third-order valence-corrected chi connectivity index (χ3v) is 2.74. The number of amides is 2. The lowest BCUT2D eigenvalue weighted by molar-refractivity contribution is 0.259. The number of nitrogens with one attached hydrogen (secondary N) is 1. The Morgan fingerprint density at radius 1 is 1.29 bits per heavy atom. The van der Waals surface area contributed by atoms with E-state index in [1.807, 2.05) is 6.07 Å². The Bertz CT molecular complexity index is 738. The maximum Gasteiger partial charge on any atom is 0.316 e. The zero-order chi connectivity index (χ0) is 15.4. The number of hydrogen-bond donors (Lipinski definition) is 2. The van der Waals surface area contributed by atoms with Gasteiger partial charge in [-0.2, -0.15) is 5.26 Å². The van der Waals surface area contributed by atoms with Crippen LogP contribution in [-0.4, -0.2) is 6.03 Å². The van der Waals surface area contributed by atoms with Gasteiger partial charge in [-0.05, 0) is 36.8 Å². The van der Waals surface area contributed by atoms with E-state index in [1.54, 1.807) is 19.1 Å². The number of nitrogens with two attached hydrogens (primary N) is 1. The molecule has 0 bridgehead atoms. The van der Waals surface area contributed by atoms with Crippen LogP contribution < -0.4 is 15.8 Å². The van der Waals surface area contributed by atoms with E-state index in [4.69, 9.17) is 15.7 Å². The van der Waals surface area contributed by atoms with Crippen molar-refractivity contribution in [2.75, 3.05) is 5.32 Å². The molecule has 0 aromatic heterocycles. The van der Waals surface area contributed by atoms with Gasteiger partial charge in [-0.15, -0.1) is 0 Å². The van der Waals surface area contributed by atoms with Crippen molar-refractivity contribution in [3.8, 4) is 17.6 Å². The van der Waals surface area contributed by atoms with Gasteiger partial charge in [0.05, 0.1) is 11.6 Å². The quantitative estimate of drug-likeness (QED) is 0.906. The standard InChI is InChI=1S/C15H12FN3O2/c1-9-2-4-11(19-15(18)20)7-14(9)21-13-5-3-10(8-17)6-12(13)16/h2-7H,1H3,(H3,18,19,20). The van der Waals surface area contributed by atoms with E-state index in [1.165, 1.54) is 18.2 Å². The van der Waals surface area contributed by atoms with E-state index in [0.717, 1.165) is 11.6 Å². The van der Waals surface area contributed by atoms with E-state index >= 15 is 0 Å². The Balaban J connectivity index is 2.30. The Morgan fingerprint density at radius 3 is 2.67 bits per heavy atom. The van der Waals surface area contributed by atoms with Crippen LogP contribution in [0.2, 0.25) is 0 Å². The van der Waals surface area contributed by atoms with Crippen molar-refractivity contribution in [2.45, 2.75) is 6.92 Å². The molecule has 0 aliphatic rings. The fourth-order valence-corrected chi connectivity index (χ4v) is 1.70. The molecule has 0 radical (unpaired) electrons. The van der Waals surface area contributed by atoms with Crippen LogP contribution in [0.3, 0.4) is 0 Å². The van der Waals surface area contributed by atoms with Gasteiger partial charge in [0.15, 0.2) is 11.6 Å². The Kier molecular flexibility index (Phi) is 4.05. The van der Waals surface area contributed by atoms with Gasteiger partial charge in [-0.25, -0.2) is 9.18 Å². The van der Waals surface area contributed by atoms with E-state index in [-0.39, 0.29) is 11.3 Å². The molecule has 0 fully saturated rings. The number of hydrogen-bond acceptors (Lipinski definition) is 3. The van der Waals surface area contributed by atoms with E-state index in [2.05, 4.69) is 5.32 Å². The molecule has 3 N–H and O–H groups in total. The summed E-state index contributed by atoms with van der Waals surface area (Å²) >= 11 is 0. The minimum atomic E-state index is -0.700. The van der Waals surface area contributed by atoms with Gasteiger partial charge in [0.25, 0.3) is 0 Å². The molecular weight excluding hydrogens is 273 g/mol. The highest BCUT2D eigenvalue weighted by Gasteiger charge is 2.09. The smallest absolute Gasteiger partial charge is 0.316 e. The molecule has 2 aromatic rings. The summed E-state index contributed by atoms with van der Waals surface area (Å²) < 4.78 is 19.3. The van der Waals surface area contributed by atoms with Crippen LogP contribution in [-0.2, 0) is 0 Å². The third kappa shape index (κ3) is 3.48. The number of rotatable bonds is 3. The number of nitrogens with zero attached hydrogens (tertiary/aromatic N) is 1. The van der Waals surface area contributed by atoms with Gasteiger partial charge >= 0.3 is 6.03 Å². The summed E-state index contributed by atoms with van der Waals surface area (Å²) in [6, 6.07) is 9.98. The van der Waals surface area contributed by atoms with E-state index in [9.17, 15) is 9.18 Å². The SMILES string of the molecule is Cc1ccc(NC(N)=O)cc1Oc1ccc(C#N)cc1F. The lowest BCUT2D eigenvalue weighted by Crippen LogP contribution is -2.19. The van der Waals surface area contributed by atoms with Gasteiger partial charge in [0.2, 0.25) is 0 Å². The zero-order valence-electron chi connectivity index (χ0n) is 11.2. The van der Waals surface area contributed by atoms with Crippen LogP contribution in [0.5, 0.6) is 11.5 Å². The van der Waals surface area contributed by atoms with Crippen molar-refractivity contribution >= 4 is 11.7 Å². The zero-order valence-corrected chi connectivity index (χ0v) is 11.2. The summed E-state index contributed by atoms with van der Waals surface area (Å²) in [5, 5.41) is 11.1. The van der Waals surface area contributed by atoms with Crippen molar-refractivity contribution in [1.29, 1.82) is 5.26 Å². The summed E-state index contributed by atoms with van der Waals surface area (Å²) in [4.78, 5) is 10.8. The molecular formula is C15H12FN3O2. The van der Waals surface area contributed by atoms with Crippen molar-refractivity contribution < 1.29 is 13.9 Å². The molecule has 0 aliphatic carbocycles. The van der Waals surface area contributed by atoms with Crippen LogP contribution in [0.25, 0.3) is 0 Å². The number of benzene rings is 2. The first-order chi connectivity index (χ1) is 9.99. The third-order valence-electron chi connectivity index (χ3n) is 2.74. The summed E-state index contributed by atoms with van der Waals surface area (Å²) in [5.74, 6) is -0.264. The molecule has 0 heterocycles. The number of carbonyl (C=O) groups is 1. The number of urea groups is 1. The maximum absolute atomic E-state index is 13.8. The first-order valence-corrected chi connectivity index (χ1v) is 6.04. The molecule has 2 aromatic carbocycles. The monoisotopic (exact) mass is 285 g/mol. The Hall–Kier alpha value is -3.07. The fraction of sp³-hybridized carbons (Fsp3) is 0.0667. The number of halogens is 1. The second-order valence-electron chi connectivity index (χ2n) is 4.33. The number of aryl methyl sites for hydroxylation is 1. The highest BCUT2D eigenvalue weighted by Crippen LogP contribution is 2.30. The molecule has 0 atom stereocenters. The average molecular weight is 285 g/mol. The number of anilines is 1. The predicted molar refractivity (Wildman–Crippen MR) is 75.6 cm³/mol. The summed E-state index contributed by atoms with van der Waals surface area (Å²) in [7, 11) is 0. The van der Waals surface area contributed by atoms with Gasteiger partial charge in [0, 0.05) is 11.8 Å². The average Bonchev–Trinajstić information content (AvgIpc) is 2.44. The molecule has 0 saturated heterocycles. The molecule has 21 heavy (non-hydrogen) atoms. The number of nitriles is 1. The van der Waals surface area contributed by atoms with E-state index in [0.29, 0.717) is 11.4 Å². The van der Waals surface area contributed by atoms with Gasteiger partial charge in [-0.1, -0.05) is 6.07 Å². The minimum Gasteiger partial charge on any atom is -0.454 e. The highest BCUT2D eigenvalue weighted by molar-refractivity contribution is 5.88. The minimum absolute atomic E-state index is 0.00618. The predicted octanol–water partition coefficient (Wildman–Crippen LogP) is 3.29. The number of primary amides is 1. The molecule has 0 aliphatic heterocycles. The first-order valence-electron chi connectivity index (χ1n) is 6.04. The van der Waals surface area contributed by atoms with Crippen molar-refractivity contribution in [3.05, 3.63) is 53.3 Å². The van der Waals surface area contributed by atoms with E-state index < -0.39 is 11.8 Å². The number of ether oxygens (including phenoxy) is 1. The van der Waals surface area contributed by atoms with Gasteiger partial charge < -0.3 is 15.8 Å². The fourth-order valence-electron chi connectivity index (χ4n) is 1.70. The molecule has 106 valence electrons. The lowest BCUT2D eigenvalue weighted by atomic mass is 10.2. The van der Waals surface area contributed by atoms with Gasteiger partial charge in [0.1, 0.15) is 5.75 Å².